The summed E-state index contributed by atoms with van der Waals surface area (Å²) in [5.74, 6) is 0.0498. The maximum atomic E-state index is 14.0. The number of hydrogen-bond acceptors (Lipinski definition) is 8. The van der Waals surface area contributed by atoms with Crippen LogP contribution in [0.3, 0.4) is 0 Å². The number of pyridine rings is 1. The zero-order chi connectivity index (χ0) is 33.3. The maximum Gasteiger partial charge on any atom is 0.418 e. The first kappa shape index (κ1) is 34.7. The zero-order valence-electron chi connectivity index (χ0n) is 27.2. The van der Waals surface area contributed by atoms with Crippen LogP contribution in [0.1, 0.15) is 64.6 Å². The van der Waals surface area contributed by atoms with Crippen LogP contribution in [0.4, 0.5) is 24.7 Å². The summed E-state index contributed by atoms with van der Waals surface area (Å²) in [7, 11) is 3.30. The number of rotatable bonds is 8. The predicted molar refractivity (Wildman–Crippen MR) is 177 cm³/mol. The molecular weight excluding hydrogens is 603 g/mol. The molecule has 4 N–H and O–H groups in total. The summed E-state index contributed by atoms with van der Waals surface area (Å²) >= 11 is 6.93. The number of likely N-dealkylation sites (N-methyl/N-ethyl adjacent to an activating group) is 1. The molecule has 0 aliphatic carbocycles. The molecule has 12 heteroatoms. The van der Waals surface area contributed by atoms with Gasteiger partial charge in [-0.25, -0.2) is 4.98 Å². The van der Waals surface area contributed by atoms with Crippen molar-refractivity contribution in [2.45, 2.75) is 84.1 Å². The second kappa shape index (κ2) is 13.7. The van der Waals surface area contributed by atoms with Crippen molar-refractivity contribution in [3.8, 4) is 17.3 Å². The molecule has 0 bridgehead atoms. The van der Waals surface area contributed by atoms with Gasteiger partial charge in [0.25, 0.3) is 0 Å². The Balaban J connectivity index is 0.000000432. The number of aryl methyl sites for hydroxylation is 1. The Bertz CT molecular complexity index is 1530. The van der Waals surface area contributed by atoms with Crippen LogP contribution in [-0.4, -0.2) is 64.7 Å². The van der Waals surface area contributed by atoms with Crippen molar-refractivity contribution in [2.75, 3.05) is 38.3 Å². The van der Waals surface area contributed by atoms with Crippen molar-refractivity contribution in [2.24, 2.45) is 5.92 Å². The highest BCUT2D eigenvalue weighted by molar-refractivity contribution is 6.38. The molecule has 8 nitrogen and oxygen atoms in total. The van der Waals surface area contributed by atoms with E-state index in [-0.39, 0.29) is 40.1 Å². The van der Waals surface area contributed by atoms with Crippen molar-refractivity contribution < 1.29 is 17.9 Å². The van der Waals surface area contributed by atoms with Crippen molar-refractivity contribution in [1.29, 1.82) is 0 Å². The Kier molecular flexibility index (Phi) is 10.6. The summed E-state index contributed by atoms with van der Waals surface area (Å²) < 4.78 is 47.2. The lowest BCUT2D eigenvalue weighted by molar-refractivity contribution is -0.137. The quantitative estimate of drug-likeness (QED) is 0.216. The molecule has 2 aliphatic heterocycles. The van der Waals surface area contributed by atoms with Crippen LogP contribution < -0.4 is 21.1 Å². The summed E-state index contributed by atoms with van der Waals surface area (Å²) in [5.41, 5.74) is 6.78. The van der Waals surface area contributed by atoms with E-state index in [9.17, 15) is 13.2 Å². The Labute approximate surface area is 269 Å². The van der Waals surface area contributed by atoms with Gasteiger partial charge in [0.15, 0.2) is 0 Å². The molecule has 4 heterocycles. The molecule has 3 aromatic rings. The molecule has 0 amide bonds. The lowest BCUT2D eigenvalue weighted by Crippen LogP contribution is -2.56. The number of nitrogens with zero attached hydrogens (tertiary/aromatic N) is 4. The number of methoxy groups -OCH3 is 1. The van der Waals surface area contributed by atoms with Crippen LogP contribution in [0.2, 0.25) is 5.02 Å². The van der Waals surface area contributed by atoms with Crippen LogP contribution >= 0.6 is 11.6 Å². The average Bonchev–Trinajstić information content (AvgIpc) is 3.55. The van der Waals surface area contributed by atoms with E-state index in [2.05, 4.69) is 64.8 Å². The van der Waals surface area contributed by atoms with E-state index < -0.39 is 17.3 Å². The Hall–Kier alpha value is -3.15. The third kappa shape index (κ3) is 7.15. The van der Waals surface area contributed by atoms with E-state index in [1.165, 1.54) is 51.1 Å². The molecule has 0 radical (unpaired) electrons. The number of nitrogen functional groups attached to an aromatic ring is 1. The molecule has 2 aromatic heterocycles. The molecular formula is C33H45ClF3N7O. The number of aromatic nitrogens is 3. The summed E-state index contributed by atoms with van der Waals surface area (Å²) in [5, 5.41) is 7.57. The normalized spacial score (nSPS) is 18.8. The van der Waals surface area contributed by atoms with Crippen LogP contribution in [0, 0.1) is 12.8 Å². The number of ether oxygens (including phenoxy) is 1. The van der Waals surface area contributed by atoms with Gasteiger partial charge in [0.05, 0.1) is 45.8 Å². The lowest BCUT2D eigenvalue weighted by Gasteiger charge is -2.43. The van der Waals surface area contributed by atoms with Crippen LogP contribution in [0.15, 0.2) is 30.4 Å². The summed E-state index contributed by atoms with van der Waals surface area (Å²) in [6, 6.07) is 4.48. The number of nitrogens with one attached hydrogen (secondary N) is 2. The first-order chi connectivity index (χ1) is 21.1. The third-order valence-electron chi connectivity index (χ3n) is 9.27. The van der Waals surface area contributed by atoms with E-state index in [0.29, 0.717) is 22.3 Å². The third-order valence-corrected chi connectivity index (χ3v) is 9.66. The fraction of sp³-hybridized carbons (Fsp3) is 0.545. The highest BCUT2D eigenvalue weighted by Gasteiger charge is 2.39. The topological polar surface area (TPSA) is 101 Å². The number of fused-ring (bicyclic) bond motifs is 2. The molecule has 246 valence electrons. The highest BCUT2D eigenvalue weighted by Crippen LogP contribution is 2.46. The number of anilines is 2. The molecule has 1 unspecified atom stereocenters. The Morgan fingerprint density at radius 2 is 1.93 bits per heavy atom. The maximum absolute atomic E-state index is 14.0. The molecule has 2 saturated heterocycles. The van der Waals surface area contributed by atoms with E-state index in [1.807, 2.05) is 7.05 Å². The molecule has 2 aliphatic rings. The summed E-state index contributed by atoms with van der Waals surface area (Å²) in [4.78, 5) is 15.4. The number of benzene rings is 1. The molecule has 0 spiro atoms. The fourth-order valence-corrected chi connectivity index (χ4v) is 6.85. The van der Waals surface area contributed by atoms with Gasteiger partial charge in [-0.2, -0.15) is 23.1 Å². The van der Waals surface area contributed by atoms with Gasteiger partial charge in [0.2, 0.25) is 0 Å². The van der Waals surface area contributed by atoms with E-state index in [1.54, 1.807) is 6.92 Å². The van der Waals surface area contributed by atoms with Crippen molar-refractivity contribution >= 4 is 34.0 Å². The number of halogens is 4. The predicted octanol–water partition coefficient (Wildman–Crippen LogP) is 7.50. The first-order valence-corrected chi connectivity index (χ1v) is 15.8. The van der Waals surface area contributed by atoms with Crippen molar-refractivity contribution in [3.05, 3.63) is 46.6 Å². The van der Waals surface area contributed by atoms with Crippen molar-refractivity contribution in [3.63, 3.8) is 0 Å². The van der Waals surface area contributed by atoms with Crippen LogP contribution in [0.25, 0.3) is 22.2 Å². The summed E-state index contributed by atoms with van der Waals surface area (Å²) in [6.07, 6.45) is 0.232. The minimum absolute atomic E-state index is 0.0166. The van der Waals surface area contributed by atoms with Gasteiger partial charge < -0.3 is 21.1 Å². The number of hydrogen-bond donors (Lipinski definition) is 3. The second-order valence-electron chi connectivity index (χ2n) is 12.5. The van der Waals surface area contributed by atoms with Gasteiger partial charge in [0, 0.05) is 29.6 Å². The van der Waals surface area contributed by atoms with Gasteiger partial charge in [-0.1, -0.05) is 44.5 Å². The first-order valence-electron chi connectivity index (χ1n) is 15.4. The summed E-state index contributed by atoms with van der Waals surface area (Å²) in [6.45, 7) is 16.5. The molecule has 3 atom stereocenters. The monoisotopic (exact) mass is 647 g/mol. The molecule has 45 heavy (non-hydrogen) atoms. The van der Waals surface area contributed by atoms with E-state index >= 15 is 0 Å². The van der Waals surface area contributed by atoms with Gasteiger partial charge in [-0.15, -0.1) is 0 Å². The fourth-order valence-electron chi connectivity index (χ4n) is 6.57. The Morgan fingerprint density at radius 1 is 1.22 bits per heavy atom. The minimum Gasteiger partial charge on any atom is -0.467 e. The smallest absolute Gasteiger partial charge is 0.418 e. The highest BCUT2D eigenvalue weighted by atomic mass is 35.5. The van der Waals surface area contributed by atoms with Crippen LogP contribution in [0.5, 0.6) is 6.01 Å². The standard InChI is InChI=1S/C25H32ClF3N6O.C8H13N/c1-8-17(31-6)24(5,12(2)3)35-22-19-13(4)32-23(36-7)33-16(19)11-14(20(22)26)21-15(25(27,28)29)9-10-18(30)34-21;1-7-5-8-3-2-4-9(8)6-7/h9-12,17,31,35H,8H2,1-7H3,(H2,30,34);8H,1-6H2/t17-,24-;/m0./s1. The largest absolute Gasteiger partial charge is 0.467 e. The molecule has 1 aromatic carbocycles. The number of nitrogens with two attached hydrogens (primary N) is 1. The van der Waals surface area contributed by atoms with Gasteiger partial charge in [0.1, 0.15) is 5.82 Å². The molecule has 5 rings (SSSR count). The van der Waals surface area contributed by atoms with Gasteiger partial charge in [-0.05, 0) is 77.2 Å². The molecule has 2 fully saturated rings. The van der Waals surface area contributed by atoms with Crippen molar-refractivity contribution in [1.82, 2.24) is 25.2 Å². The SMILES string of the molecule is C=C1CC2CCCN2C1.CC[C@H](NC)[C@@](C)(Nc1c(Cl)c(-c2nc(N)ccc2C(F)(F)F)cc2nc(OC)nc(C)c12)C(C)C. The Morgan fingerprint density at radius 3 is 2.51 bits per heavy atom. The average molecular weight is 648 g/mol. The lowest BCUT2D eigenvalue weighted by atomic mass is 9.79. The van der Waals surface area contributed by atoms with Crippen LogP contribution in [-0.2, 0) is 6.18 Å². The molecule has 0 saturated carbocycles. The zero-order valence-corrected chi connectivity index (χ0v) is 28.0. The number of alkyl halides is 3. The van der Waals surface area contributed by atoms with E-state index in [0.717, 1.165) is 24.6 Å². The minimum atomic E-state index is -4.67. The van der Waals surface area contributed by atoms with E-state index in [4.69, 9.17) is 22.1 Å². The van der Waals surface area contributed by atoms with Gasteiger partial charge in [-0.3, -0.25) is 4.90 Å². The van der Waals surface area contributed by atoms with Gasteiger partial charge >= 0.3 is 12.2 Å². The second-order valence-corrected chi connectivity index (χ2v) is 12.8.